The molecule has 0 spiro atoms. The van der Waals surface area contributed by atoms with Crippen LogP contribution in [0.2, 0.25) is 0 Å². The molecule has 1 rings (SSSR count). The molecule has 0 amide bonds. The Labute approximate surface area is 95.0 Å². The molecule has 1 saturated heterocycles. The van der Waals surface area contributed by atoms with Gasteiger partial charge < -0.3 is 10.6 Å². The molecule has 16 heavy (non-hydrogen) atoms. The number of alkyl halides is 3. The lowest BCUT2D eigenvalue weighted by Gasteiger charge is -2.34. The second kappa shape index (κ2) is 5.87. The molecule has 96 valence electrons. The van der Waals surface area contributed by atoms with Crippen molar-refractivity contribution in [3.8, 4) is 0 Å². The molecule has 0 radical (unpaired) electrons. The van der Waals surface area contributed by atoms with E-state index in [1.54, 1.807) is 0 Å². The molecule has 2 nitrogen and oxygen atoms in total. The summed E-state index contributed by atoms with van der Waals surface area (Å²) >= 11 is 0. The van der Waals surface area contributed by atoms with E-state index in [1.165, 1.54) is 0 Å². The monoisotopic (exact) mass is 238 g/mol. The Morgan fingerprint density at radius 3 is 2.25 bits per heavy atom. The molecule has 1 atom stereocenters. The number of nitrogens with zero attached hydrogens (tertiary/aromatic N) is 1. The molecule has 1 unspecified atom stereocenters. The number of rotatable bonds is 4. The van der Waals surface area contributed by atoms with Crippen LogP contribution >= 0.6 is 0 Å². The molecular weight excluding hydrogens is 217 g/mol. The van der Waals surface area contributed by atoms with E-state index < -0.39 is 12.1 Å². The summed E-state index contributed by atoms with van der Waals surface area (Å²) in [4.78, 5) is 2.11. The lowest BCUT2D eigenvalue weighted by atomic mass is 9.95. The van der Waals surface area contributed by atoms with Crippen LogP contribution < -0.4 is 5.73 Å². The maximum Gasteiger partial charge on any atom is 0.391 e. The van der Waals surface area contributed by atoms with Gasteiger partial charge in [0.05, 0.1) is 5.92 Å². The van der Waals surface area contributed by atoms with Gasteiger partial charge in [-0.25, -0.2) is 0 Å². The summed E-state index contributed by atoms with van der Waals surface area (Å²) in [7, 11) is 0. The molecule has 2 N–H and O–H groups in total. The molecule has 1 fully saturated rings. The maximum atomic E-state index is 12.4. The summed E-state index contributed by atoms with van der Waals surface area (Å²) in [5.41, 5.74) is 5.59. The van der Waals surface area contributed by atoms with Gasteiger partial charge in [-0.15, -0.1) is 0 Å². The Morgan fingerprint density at radius 1 is 1.31 bits per heavy atom. The summed E-state index contributed by atoms with van der Waals surface area (Å²) in [6.07, 6.45) is -2.53. The van der Waals surface area contributed by atoms with E-state index in [2.05, 4.69) is 11.8 Å². The summed E-state index contributed by atoms with van der Waals surface area (Å²) < 4.78 is 37.3. The Morgan fingerprint density at radius 2 is 1.88 bits per heavy atom. The minimum Gasteiger partial charge on any atom is -0.330 e. The summed E-state index contributed by atoms with van der Waals surface area (Å²) in [5, 5.41) is 0. The van der Waals surface area contributed by atoms with Gasteiger partial charge in [0.2, 0.25) is 0 Å². The first-order chi connectivity index (χ1) is 7.47. The highest BCUT2D eigenvalue weighted by Crippen LogP contribution is 2.34. The molecule has 0 aliphatic carbocycles. The summed E-state index contributed by atoms with van der Waals surface area (Å²) in [5.74, 6) is -0.677. The van der Waals surface area contributed by atoms with Gasteiger partial charge in [0.25, 0.3) is 0 Å². The highest BCUT2D eigenvalue weighted by atomic mass is 19.4. The third kappa shape index (κ3) is 3.94. The van der Waals surface area contributed by atoms with E-state index in [-0.39, 0.29) is 12.8 Å². The van der Waals surface area contributed by atoms with E-state index in [4.69, 9.17) is 5.73 Å². The average Bonchev–Trinajstić information content (AvgIpc) is 2.25. The predicted molar refractivity (Wildman–Crippen MR) is 58.1 cm³/mol. The van der Waals surface area contributed by atoms with Crippen LogP contribution in [0, 0.1) is 11.8 Å². The SMILES string of the molecule is CCC(CN)CN1CCC(C(F)(F)F)CC1. The van der Waals surface area contributed by atoms with Crippen LogP contribution in [-0.4, -0.2) is 37.3 Å². The minimum atomic E-state index is -4.01. The zero-order valence-electron chi connectivity index (χ0n) is 9.76. The lowest BCUT2D eigenvalue weighted by Crippen LogP contribution is -2.42. The van der Waals surface area contributed by atoms with Crippen molar-refractivity contribution in [2.24, 2.45) is 17.6 Å². The topological polar surface area (TPSA) is 29.3 Å². The number of nitrogens with two attached hydrogens (primary N) is 1. The third-order valence-corrected chi connectivity index (χ3v) is 3.48. The van der Waals surface area contributed by atoms with Crippen molar-refractivity contribution in [2.45, 2.75) is 32.4 Å². The van der Waals surface area contributed by atoms with Gasteiger partial charge in [-0.1, -0.05) is 13.3 Å². The van der Waals surface area contributed by atoms with Crippen molar-refractivity contribution in [1.29, 1.82) is 0 Å². The second-order valence-electron chi connectivity index (χ2n) is 4.63. The van der Waals surface area contributed by atoms with Crippen molar-refractivity contribution in [2.75, 3.05) is 26.2 Å². The quantitative estimate of drug-likeness (QED) is 0.814. The van der Waals surface area contributed by atoms with Crippen LogP contribution in [0.25, 0.3) is 0 Å². The van der Waals surface area contributed by atoms with Crippen LogP contribution in [-0.2, 0) is 0 Å². The molecule has 0 bridgehead atoms. The van der Waals surface area contributed by atoms with E-state index >= 15 is 0 Å². The molecular formula is C11H21F3N2. The first kappa shape index (κ1) is 13.8. The highest BCUT2D eigenvalue weighted by molar-refractivity contribution is 4.78. The molecule has 1 heterocycles. The Hall–Kier alpha value is -0.290. The van der Waals surface area contributed by atoms with Gasteiger partial charge in [-0.05, 0) is 38.4 Å². The van der Waals surface area contributed by atoms with Crippen molar-refractivity contribution >= 4 is 0 Å². The fraction of sp³-hybridized carbons (Fsp3) is 1.00. The maximum absolute atomic E-state index is 12.4. The third-order valence-electron chi connectivity index (χ3n) is 3.48. The van der Waals surface area contributed by atoms with Gasteiger partial charge in [0.1, 0.15) is 0 Å². The van der Waals surface area contributed by atoms with E-state index in [0.717, 1.165) is 13.0 Å². The molecule has 0 aromatic heterocycles. The van der Waals surface area contributed by atoms with Gasteiger partial charge >= 0.3 is 6.18 Å². The minimum absolute atomic E-state index is 0.241. The molecule has 1 aliphatic rings. The standard InChI is InChI=1S/C11H21F3N2/c1-2-9(7-15)8-16-5-3-10(4-6-16)11(12,13)14/h9-10H,2-8,15H2,1H3. The number of hydrogen-bond donors (Lipinski definition) is 1. The Bertz CT molecular complexity index is 194. The predicted octanol–water partition coefficient (Wildman–Crippen LogP) is 2.25. The van der Waals surface area contributed by atoms with Crippen LogP contribution in [0.5, 0.6) is 0 Å². The van der Waals surface area contributed by atoms with Gasteiger partial charge in [-0.2, -0.15) is 13.2 Å². The fourth-order valence-electron chi connectivity index (χ4n) is 2.18. The van der Waals surface area contributed by atoms with Crippen LogP contribution in [0.1, 0.15) is 26.2 Å². The lowest BCUT2D eigenvalue weighted by molar-refractivity contribution is -0.185. The van der Waals surface area contributed by atoms with Crippen molar-refractivity contribution in [3.63, 3.8) is 0 Å². The number of likely N-dealkylation sites (tertiary alicyclic amines) is 1. The molecule has 5 heteroatoms. The molecule has 0 saturated carbocycles. The van der Waals surface area contributed by atoms with Crippen molar-refractivity contribution in [1.82, 2.24) is 4.90 Å². The molecule has 0 aromatic carbocycles. The van der Waals surface area contributed by atoms with Gasteiger partial charge in [-0.3, -0.25) is 0 Å². The average molecular weight is 238 g/mol. The smallest absolute Gasteiger partial charge is 0.330 e. The number of halogens is 3. The van der Waals surface area contributed by atoms with Crippen molar-refractivity contribution in [3.05, 3.63) is 0 Å². The fourth-order valence-corrected chi connectivity index (χ4v) is 2.18. The van der Waals surface area contributed by atoms with Crippen molar-refractivity contribution < 1.29 is 13.2 Å². The normalized spacial score (nSPS) is 22.3. The number of hydrogen-bond acceptors (Lipinski definition) is 2. The Kier molecular flexibility index (Phi) is 5.05. The van der Waals surface area contributed by atoms with Gasteiger partial charge in [0.15, 0.2) is 0 Å². The van der Waals surface area contributed by atoms with Gasteiger partial charge in [0, 0.05) is 6.54 Å². The first-order valence-electron chi connectivity index (χ1n) is 5.96. The molecule has 0 aromatic rings. The largest absolute Gasteiger partial charge is 0.391 e. The van der Waals surface area contributed by atoms with E-state index in [9.17, 15) is 13.2 Å². The second-order valence-corrected chi connectivity index (χ2v) is 4.63. The molecule has 1 aliphatic heterocycles. The summed E-state index contributed by atoms with van der Waals surface area (Å²) in [6.45, 7) is 4.65. The Balaban J connectivity index is 2.32. The summed E-state index contributed by atoms with van der Waals surface area (Å²) in [6, 6.07) is 0. The zero-order valence-corrected chi connectivity index (χ0v) is 9.76. The van der Waals surface area contributed by atoms with Crippen LogP contribution in [0.4, 0.5) is 13.2 Å². The van der Waals surface area contributed by atoms with E-state index in [0.29, 0.717) is 25.6 Å². The number of piperidine rings is 1. The van der Waals surface area contributed by atoms with E-state index in [1.807, 2.05) is 0 Å². The zero-order chi connectivity index (χ0) is 12.2. The first-order valence-corrected chi connectivity index (χ1v) is 5.96. The van der Waals surface area contributed by atoms with Crippen LogP contribution in [0.15, 0.2) is 0 Å². The highest BCUT2D eigenvalue weighted by Gasteiger charge is 2.41. The van der Waals surface area contributed by atoms with Crippen LogP contribution in [0.3, 0.4) is 0 Å².